The number of nitriles is 1. The molecule has 6 nitrogen and oxygen atoms in total. The van der Waals surface area contributed by atoms with E-state index >= 15 is 0 Å². The summed E-state index contributed by atoms with van der Waals surface area (Å²) in [5, 5.41) is 9.44. The van der Waals surface area contributed by atoms with Gasteiger partial charge < -0.3 is 4.74 Å². The second kappa shape index (κ2) is 7.19. The number of rotatable bonds is 4. The van der Waals surface area contributed by atoms with Crippen molar-refractivity contribution in [2.24, 2.45) is 0 Å². The van der Waals surface area contributed by atoms with Crippen LogP contribution in [0.2, 0.25) is 0 Å². The number of carbonyl (C=O) groups is 1. The maximum Gasteiger partial charge on any atom is 0.316 e. The summed E-state index contributed by atoms with van der Waals surface area (Å²) in [5.74, 6) is -0.864. The third kappa shape index (κ3) is 3.07. The number of fused-ring (bicyclic) bond motifs is 1. The highest BCUT2D eigenvalue weighted by Crippen LogP contribution is 2.21. The van der Waals surface area contributed by atoms with E-state index in [0.717, 1.165) is 0 Å². The van der Waals surface area contributed by atoms with Gasteiger partial charge in [-0.1, -0.05) is 18.2 Å². The lowest BCUT2D eigenvalue weighted by molar-refractivity contribution is -0.144. The quantitative estimate of drug-likeness (QED) is 0.678. The molecule has 3 aromatic rings. The molecular formula is C20H17N3O3. The van der Waals surface area contributed by atoms with Crippen LogP contribution in [0.15, 0.2) is 53.3 Å². The maximum absolute atomic E-state index is 13.2. The zero-order valence-corrected chi connectivity index (χ0v) is 14.5. The molecule has 0 aliphatic heterocycles. The molecule has 1 heterocycles. The predicted octanol–water partition coefficient (Wildman–Crippen LogP) is 2.92. The zero-order chi connectivity index (χ0) is 18.7. The number of hydrogen-bond donors (Lipinski definition) is 0. The molecule has 0 amide bonds. The van der Waals surface area contributed by atoms with Crippen LogP contribution >= 0.6 is 0 Å². The Kier molecular flexibility index (Phi) is 4.81. The standard InChI is InChI=1S/C20H17N3O3/c1-3-26-20(25)13(2)18-22-17-10-9-14(12-21)11-16(17)19(24)23(18)15-7-5-4-6-8-15/h4-11,13H,3H2,1-2H3. The summed E-state index contributed by atoms with van der Waals surface area (Å²) in [6, 6.07) is 15.7. The van der Waals surface area contributed by atoms with Gasteiger partial charge in [0.1, 0.15) is 11.7 Å². The molecule has 0 saturated heterocycles. The highest BCUT2D eigenvalue weighted by molar-refractivity contribution is 5.82. The van der Waals surface area contributed by atoms with Crippen molar-refractivity contribution in [3.05, 3.63) is 70.3 Å². The van der Waals surface area contributed by atoms with E-state index in [2.05, 4.69) is 4.98 Å². The monoisotopic (exact) mass is 347 g/mol. The summed E-state index contributed by atoms with van der Waals surface area (Å²) in [6.07, 6.45) is 0. The average Bonchev–Trinajstić information content (AvgIpc) is 2.67. The van der Waals surface area contributed by atoms with Crippen LogP contribution in [0.1, 0.15) is 31.2 Å². The van der Waals surface area contributed by atoms with Gasteiger partial charge in [0.25, 0.3) is 5.56 Å². The number of carbonyl (C=O) groups excluding carboxylic acids is 1. The van der Waals surface area contributed by atoms with Crippen LogP contribution in [0.3, 0.4) is 0 Å². The van der Waals surface area contributed by atoms with E-state index in [0.29, 0.717) is 28.0 Å². The van der Waals surface area contributed by atoms with Crippen LogP contribution in [0.4, 0.5) is 0 Å². The second-order valence-corrected chi connectivity index (χ2v) is 5.76. The van der Waals surface area contributed by atoms with E-state index < -0.39 is 11.9 Å². The van der Waals surface area contributed by atoms with Gasteiger partial charge in [-0.2, -0.15) is 5.26 Å². The van der Waals surface area contributed by atoms with Crippen molar-refractivity contribution in [1.82, 2.24) is 9.55 Å². The molecule has 0 spiro atoms. The van der Waals surface area contributed by atoms with Gasteiger partial charge in [0.05, 0.1) is 34.8 Å². The first-order chi connectivity index (χ1) is 12.6. The molecule has 26 heavy (non-hydrogen) atoms. The molecule has 130 valence electrons. The normalized spacial score (nSPS) is 11.7. The van der Waals surface area contributed by atoms with Gasteiger partial charge in [0, 0.05) is 0 Å². The molecule has 2 aromatic carbocycles. The van der Waals surface area contributed by atoms with Crippen LogP contribution in [0, 0.1) is 11.3 Å². The number of para-hydroxylation sites is 1. The van der Waals surface area contributed by atoms with Gasteiger partial charge in [-0.3, -0.25) is 14.2 Å². The van der Waals surface area contributed by atoms with E-state index in [4.69, 9.17) is 10.00 Å². The van der Waals surface area contributed by atoms with Crippen LogP contribution < -0.4 is 5.56 Å². The van der Waals surface area contributed by atoms with Gasteiger partial charge in [-0.25, -0.2) is 4.98 Å². The molecule has 0 aliphatic carbocycles. The lowest BCUT2D eigenvalue weighted by Crippen LogP contribution is -2.28. The SMILES string of the molecule is CCOC(=O)C(C)c1nc2ccc(C#N)cc2c(=O)n1-c1ccccc1. The molecule has 0 fully saturated rings. The Morgan fingerprint density at radius 3 is 2.65 bits per heavy atom. The lowest BCUT2D eigenvalue weighted by Gasteiger charge is -2.17. The topological polar surface area (TPSA) is 85.0 Å². The minimum atomic E-state index is -0.720. The third-order valence-corrected chi connectivity index (χ3v) is 4.07. The summed E-state index contributed by atoms with van der Waals surface area (Å²) >= 11 is 0. The van der Waals surface area contributed by atoms with E-state index in [1.165, 1.54) is 10.6 Å². The average molecular weight is 347 g/mol. The lowest BCUT2D eigenvalue weighted by atomic mass is 10.1. The molecule has 3 rings (SSSR count). The minimum Gasteiger partial charge on any atom is -0.465 e. The Morgan fingerprint density at radius 2 is 2.00 bits per heavy atom. The van der Waals surface area contributed by atoms with Crippen LogP contribution in [-0.2, 0) is 9.53 Å². The number of aromatic nitrogens is 2. The van der Waals surface area contributed by atoms with Gasteiger partial charge >= 0.3 is 5.97 Å². The fourth-order valence-electron chi connectivity index (χ4n) is 2.76. The van der Waals surface area contributed by atoms with Crippen molar-refractivity contribution in [3.63, 3.8) is 0 Å². The highest BCUT2D eigenvalue weighted by atomic mass is 16.5. The Morgan fingerprint density at radius 1 is 1.27 bits per heavy atom. The van der Waals surface area contributed by atoms with Gasteiger partial charge in [-0.05, 0) is 44.2 Å². The molecule has 0 radical (unpaired) electrons. The number of hydrogen-bond acceptors (Lipinski definition) is 5. The Bertz CT molecular complexity index is 1070. The van der Waals surface area contributed by atoms with E-state index in [1.807, 2.05) is 12.1 Å². The molecular weight excluding hydrogens is 330 g/mol. The fourth-order valence-corrected chi connectivity index (χ4v) is 2.76. The van der Waals surface area contributed by atoms with Gasteiger partial charge in [0.2, 0.25) is 0 Å². The summed E-state index contributed by atoms with van der Waals surface area (Å²) in [5.41, 5.74) is 1.08. The van der Waals surface area contributed by atoms with Crippen molar-refractivity contribution in [1.29, 1.82) is 5.26 Å². The molecule has 0 bridgehead atoms. The number of esters is 1. The highest BCUT2D eigenvalue weighted by Gasteiger charge is 2.24. The first-order valence-corrected chi connectivity index (χ1v) is 8.25. The summed E-state index contributed by atoms with van der Waals surface area (Å²) in [7, 11) is 0. The first kappa shape index (κ1) is 17.4. The molecule has 0 aliphatic rings. The molecule has 1 unspecified atom stereocenters. The number of nitrogens with zero attached hydrogens (tertiary/aromatic N) is 3. The van der Waals surface area contributed by atoms with Crippen LogP contribution in [-0.4, -0.2) is 22.1 Å². The van der Waals surface area contributed by atoms with Crippen LogP contribution in [0.5, 0.6) is 0 Å². The van der Waals surface area contributed by atoms with Crippen molar-refractivity contribution in [2.75, 3.05) is 6.61 Å². The van der Waals surface area contributed by atoms with E-state index in [-0.39, 0.29) is 12.2 Å². The molecule has 0 N–H and O–H groups in total. The second-order valence-electron chi connectivity index (χ2n) is 5.76. The first-order valence-electron chi connectivity index (χ1n) is 8.25. The molecule has 1 aromatic heterocycles. The largest absolute Gasteiger partial charge is 0.465 e. The zero-order valence-electron chi connectivity index (χ0n) is 14.5. The third-order valence-electron chi connectivity index (χ3n) is 4.07. The van der Waals surface area contributed by atoms with Crippen molar-refractivity contribution < 1.29 is 9.53 Å². The maximum atomic E-state index is 13.2. The number of benzene rings is 2. The van der Waals surface area contributed by atoms with Crippen molar-refractivity contribution in [2.45, 2.75) is 19.8 Å². The summed E-state index contributed by atoms with van der Waals surface area (Å²) in [4.78, 5) is 30.0. The fraction of sp³-hybridized carbons (Fsp3) is 0.200. The van der Waals surface area contributed by atoms with E-state index in [1.54, 1.807) is 50.2 Å². The van der Waals surface area contributed by atoms with Crippen molar-refractivity contribution in [3.8, 4) is 11.8 Å². The Balaban J connectivity index is 2.34. The Hall–Kier alpha value is -3.46. The smallest absolute Gasteiger partial charge is 0.316 e. The predicted molar refractivity (Wildman–Crippen MR) is 97.1 cm³/mol. The molecule has 0 saturated carbocycles. The van der Waals surface area contributed by atoms with E-state index in [9.17, 15) is 9.59 Å². The summed E-state index contributed by atoms with van der Waals surface area (Å²) in [6.45, 7) is 3.64. The Labute approximate surface area is 150 Å². The van der Waals surface area contributed by atoms with Gasteiger partial charge in [0.15, 0.2) is 0 Å². The van der Waals surface area contributed by atoms with Crippen molar-refractivity contribution >= 4 is 16.9 Å². The summed E-state index contributed by atoms with van der Waals surface area (Å²) < 4.78 is 6.51. The van der Waals surface area contributed by atoms with Crippen LogP contribution in [0.25, 0.3) is 16.6 Å². The molecule has 6 heteroatoms. The number of ether oxygens (including phenoxy) is 1. The molecule has 1 atom stereocenters. The minimum absolute atomic E-state index is 0.248. The van der Waals surface area contributed by atoms with Gasteiger partial charge in [-0.15, -0.1) is 0 Å².